The van der Waals surface area contributed by atoms with Crippen molar-refractivity contribution in [3.05, 3.63) is 35.7 Å². The van der Waals surface area contributed by atoms with E-state index in [2.05, 4.69) is 20.7 Å². The van der Waals surface area contributed by atoms with Gasteiger partial charge in [-0.15, -0.1) is 0 Å². The predicted molar refractivity (Wildman–Crippen MR) is 66.7 cm³/mol. The molecule has 1 amide bonds. The van der Waals surface area contributed by atoms with Crippen LogP contribution < -0.4 is 10.1 Å². The number of aromatic amines is 1. The molecule has 0 bridgehead atoms. The molecule has 2 N–H and O–H groups in total. The standard InChI is InChI=1S/C12H14N4O2/c1-3-18-10-6-4-9(5-7-10)13-12(17)11-8(2)14-16-15-11/h4-7H,3H2,1-2H3,(H,13,17)(H,14,15,16). The van der Waals surface area contributed by atoms with Gasteiger partial charge in [-0.05, 0) is 38.1 Å². The molecule has 6 nitrogen and oxygen atoms in total. The second-order valence-corrected chi connectivity index (χ2v) is 3.67. The summed E-state index contributed by atoms with van der Waals surface area (Å²) >= 11 is 0. The third-order valence-electron chi connectivity index (χ3n) is 2.36. The van der Waals surface area contributed by atoms with Gasteiger partial charge in [-0.1, -0.05) is 0 Å². The van der Waals surface area contributed by atoms with Crippen molar-refractivity contribution in [3.63, 3.8) is 0 Å². The lowest BCUT2D eigenvalue weighted by Gasteiger charge is -2.06. The first-order valence-electron chi connectivity index (χ1n) is 5.62. The lowest BCUT2D eigenvalue weighted by Crippen LogP contribution is -2.13. The summed E-state index contributed by atoms with van der Waals surface area (Å²) in [7, 11) is 0. The van der Waals surface area contributed by atoms with E-state index in [0.717, 1.165) is 5.75 Å². The van der Waals surface area contributed by atoms with E-state index in [-0.39, 0.29) is 5.91 Å². The number of benzene rings is 1. The number of aromatic nitrogens is 3. The molecule has 0 unspecified atom stereocenters. The van der Waals surface area contributed by atoms with Crippen molar-refractivity contribution in [2.24, 2.45) is 0 Å². The highest BCUT2D eigenvalue weighted by atomic mass is 16.5. The molecule has 0 radical (unpaired) electrons. The highest BCUT2D eigenvalue weighted by Crippen LogP contribution is 2.16. The Hall–Kier alpha value is -2.37. The van der Waals surface area contributed by atoms with E-state index < -0.39 is 0 Å². The molecule has 0 atom stereocenters. The van der Waals surface area contributed by atoms with Crippen molar-refractivity contribution in [1.82, 2.24) is 15.4 Å². The number of nitrogens with one attached hydrogen (secondary N) is 2. The Morgan fingerprint density at radius 2 is 2.06 bits per heavy atom. The topological polar surface area (TPSA) is 79.9 Å². The number of ether oxygens (including phenoxy) is 1. The first-order valence-corrected chi connectivity index (χ1v) is 5.62. The predicted octanol–water partition coefficient (Wildman–Crippen LogP) is 1.76. The molecule has 0 fully saturated rings. The van der Waals surface area contributed by atoms with Gasteiger partial charge >= 0.3 is 0 Å². The number of carbonyl (C=O) groups is 1. The van der Waals surface area contributed by atoms with Crippen molar-refractivity contribution in [2.75, 3.05) is 11.9 Å². The largest absolute Gasteiger partial charge is 0.494 e. The lowest BCUT2D eigenvalue weighted by atomic mass is 10.2. The van der Waals surface area contributed by atoms with E-state index in [0.29, 0.717) is 23.7 Å². The number of aryl methyl sites for hydroxylation is 1. The summed E-state index contributed by atoms with van der Waals surface area (Å²) in [6.45, 7) is 4.25. The molecule has 18 heavy (non-hydrogen) atoms. The summed E-state index contributed by atoms with van der Waals surface area (Å²) in [5.74, 6) is 0.485. The van der Waals surface area contributed by atoms with E-state index in [4.69, 9.17) is 4.74 Å². The van der Waals surface area contributed by atoms with Crippen molar-refractivity contribution >= 4 is 11.6 Å². The van der Waals surface area contributed by atoms with Crippen LogP contribution in [0.1, 0.15) is 23.1 Å². The van der Waals surface area contributed by atoms with Crippen molar-refractivity contribution in [1.29, 1.82) is 0 Å². The third-order valence-corrected chi connectivity index (χ3v) is 2.36. The molecule has 1 heterocycles. The number of carbonyl (C=O) groups excluding carboxylic acids is 1. The van der Waals surface area contributed by atoms with Crippen LogP contribution in [0.5, 0.6) is 5.75 Å². The average molecular weight is 246 g/mol. The molecule has 0 aliphatic carbocycles. The first kappa shape index (κ1) is 12.1. The van der Waals surface area contributed by atoms with Gasteiger partial charge in [-0.2, -0.15) is 15.4 Å². The molecule has 1 aromatic heterocycles. The van der Waals surface area contributed by atoms with E-state index in [1.807, 2.05) is 6.92 Å². The van der Waals surface area contributed by atoms with Gasteiger partial charge in [-0.25, -0.2) is 0 Å². The second-order valence-electron chi connectivity index (χ2n) is 3.67. The molecular weight excluding hydrogens is 232 g/mol. The number of H-pyrrole nitrogens is 1. The molecule has 2 rings (SSSR count). The fourth-order valence-electron chi connectivity index (χ4n) is 1.49. The van der Waals surface area contributed by atoms with Crippen LogP contribution in [0.3, 0.4) is 0 Å². The third kappa shape index (κ3) is 2.65. The van der Waals surface area contributed by atoms with Gasteiger partial charge < -0.3 is 10.1 Å². The lowest BCUT2D eigenvalue weighted by molar-refractivity contribution is 0.102. The Morgan fingerprint density at radius 3 is 2.61 bits per heavy atom. The van der Waals surface area contributed by atoms with Crippen LogP contribution in [0.15, 0.2) is 24.3 Å². The molecule has 94 valence electrons. The molecule has 0 spiro atoms. The Morgan fingerprint density at radius 1 is 1.33 bits per heavy atom. The van der Waals surface area contributed by atoms with E-state index >= 15 is 0 Å². The van der Waals surface area contributed by atoms with Crippen LogP contribution in [0.4, 0.5) is 5.69 Å². The fourth-order valence-corrected chi connectivity index (χ4v) is 1.49. The van der Waals surface area contributed by atoms with Crippen LogP contribution in [0, 0.1) is 6.92 Å². The van der Waals surface area contributed by atoms with Crippen LogP contribution in [0.2, 0.25) is 0 Å². The van der Waals surface area contributed by atoms with Crippen LogP contribution in [0.25, 0.3) is 0 Å². The van der Waals surface area contributed by atoms with Gasteiger partial charge in [0.15, 0.2) is 5.69 Å². The Kier molecular flexibility index (Phi) is 3.57. The van der Waals surface area contributed by atoms with Crippen molar-refractivity contribution in [3.8, 4) is 5.75 Å². The van der Waals surface area contributed by atoms with Crippen molar-refractivity contribution < 1.29 is 9.53 Å². The van der Waals surface area contributed by atoms with E-state index in [9.17, 15) is 4.79 Å². The minimum absolute atomic E-state index is 0.287. The first-order chi connectivity index (χ1) is 8.70. The molecule has 0 saturated heterocycles. The summed E-state index contributed by atoms with van der Waals surface area (Å²) in [4.78, 5) is 11.8. The van der Waals surface area contributed by atoms with Crippen molar-refractivity contribution in [2.45, 2.75) is 13.8 Å². The molecule has 6 heteroatoms. The zero-order valence-corrected chi connectivity index (χ0v) is 10.2. The number of amides is 1. The fraction of sp³-hybridized carbons (Fsp3) is 0.250. The summed E-state index contributed by atoms with van der Waals surface area (Å²) in [6.07, 6.45) is 0. The van der Waals surface area contributed by atoms with Gasteiger partial charge in [0.05, 0.1) is 12.3 Å². The molecule has 0 aliphatic rings. The van der Waals surface area contributed by atoms with Crippen LogP contribution in [-0.4, -0.2) is 27.9 Å². The maximum Gasteiger partial charge on any atom is 0.278 e. The molecule has 2 aromatic rings. The average Bonchev–Trinajstić information content (AvgIpc) is 2.78. The maximum atomic E-state index is 11.8. The van der Waals surface area contributed by atoms with Gasteiger partial charge in [0.25, 0.3) is 5.91 Å². The highest BCUT2D eigenvalue weighted by Gasteiger charge is 2.13. The SMILES string of the molecule is CCOc1ccc(NC(=O)c2n[nH]nc2C)cc1. The highest BCUT2D eigenvalue weighted by molar-refractivity contribution is 6.03. The van der Waals surface area contributed by atoms with Gasteiger partial charge in [0, 0.05) is 5.69 Å². The number of anilines is 1. The minimum Gasteiger partial charge on any atom is -0.494 e. The Bertz CT molecular complexity index is 533. The zero-order chi connectivity index (χ0) is 13.0. The maximum absolute atomic E-state index is 11.8. The Labute approximate surface area is 104 Å². The van der Waals surface area contributed by atoms with Gasteiger partial charge in [0.1, 0.15) is 5.75 Å². The van der Waals surface area contributed by atoms with Gasteiger partial charge in [0.2, 0.25) is 0 Å². The zero-order valence-electron chi connectivity index (χ0n) is 10.2. The monoisotopic (exact) mass is 246 g/mol. The Balaban J connectivity index is 2.05. The number of rotatable bonds is 4. The number of nitrogens with zero attached hydrogens (tertiary/aromatic N) is 2. The summed E-state index contributed by atoms with van der Waals surface area (Å²) in [5.41, 5.74) is 1.55. The summed E-state index contributed by atoms with van der Waals surface area (Å²) < 4.78 is 5.32. The van der Waals surface area contributed by atoms with Crippen LogP contribution >= 0.6 is 0 Å². The summed E-state index contributed by atoms with van der Waals surface area (Å²) in [6, 6.07) is 7.15. The molecular formula is C12H14N4O2. The number of hydrogen-bond acceptors (Lipinski definition) is 4. The molecule has 0 aliphatic heterocycles. The van der Waals surface area contributed by atoms with E-state index in [1.54, 1.807) is 31.2 Å². The number of hydrogen-bond donors (Lipinski definition) is 2. The molecule has 1 aromatic carbocycles. The molecule has 0 saturated carbocycles. The quantitative estimate of drug-likeness (QED) is 0.861. The normalized spacial score (nSPS) is 10.1. The van der Waals surface area contributed by atoms with Gasteiger partial charge in [-0.3, -0.25) is 4.79 Å². The summed E-state index contributed by atoms with van der Waals surface area (Å²) in [5, 5.41) is 12.7. The smallest absolute Gasteiger partial charge is 0.278 e. The second kappa shape index (κ2) is 5.31. The minimum atomic E-state index is -0.287. The van der Waals surface area contributed by atoms with Crippen LogP contribution in [-0.2, 0) is 0 Å². The van der Waals surface area contributed by atoms with E-state index in [1.165, 1.54) is 0 Å².